The number of ether oxygens (including phenoxy) is 2. The van der Waals surface area contributed by atoms with Gasteiger partial charge in [-0.2, -0.15) is 0 Å². The van der Waals surface area contributed by atoms with E-state index in [1.54, 1.807) is 11.9 Å². The Bertz CT molecular complexity index is 703. The van der Waals surface area contributed by atoms with Gasteiger partial charge in [-0.05, 0) is 37.5 Å². The Morgan fingerprint density at radius 2 is 1.77 bits per heavy atom. The lowest BCUT2D eigenvalue weighted by atomic mass is 9.74. The summed E-state index contributed by atoms with van der Waals surface area (Å²) >= 11 is 0. The van der Waals surface area contributed by atoms with E-state index in [1.807, 2.05) is 19.1 Å². The van der Waals surface area contributed by atoms with Crippen LogP contribution in [0, 0.1) is 5.82 Å². The van der Waals surface area contributed by atoms with E-state index in [-0.39, 0.29) is 41.3 Å². The van der Waals surface area contributed by atoms with Crippen molar-refractivity contribution in [2.45, 2.75) is 25.2 Å². The minimum absolute atomic E-state index is 0. The number of hydrogen-bond acceptors (Lipinski definition) is 4. The zero-order valence-electron chi connectivity index (χ0n) is 17.7. The van der Waals surface area contributed by atoms with Gasteiger partial charge in [0.05, 0.1) is 6.61 Å². The van der Waals surface area contributed by atoms with Crippen molar-refractivity contribution in [2.75, 3.05) is 59.6 Å². The standard InChI is InChI=1S/C21H31FN4O3.HI/c1-3-29-20(27)26-12-10-25(11-13-26)19(23-2)24-16-21(8-14-28-15-9-21)17-4-6-18(22)7-5-17;/h4-7H,3,8-16H2,1-2H3,(H,23,24);1H. The van der Waals surface area contributed by atoms with Gasteiger partial charge >= 0.3 is 6.09 Å². The first-order chi connectivity index (χ1) is 14.1. The fourth-order valence-electron chi connectivity index (χ4n) is 4.03. The maximum absolute atomic E-state index is 13.4. The van der Waals surface area contributed by atoms with Crippen molar-refractivity contribution in [1.82, 2.24) is 15.1 Å². The summed E-state index contributed by atoms with van der Waals surface area (Å²) in [6.45, 7) is 6.90. The van der Waals surface area contributed by atoms with Crippen LogP contribution in [0.3, 0.4) is 0 Å². The van der Waals surface area contributed by atoms with Gasteiger partial charge in [-0.25, -0.2) is 9.18 Å². The number of amides is 1. The van der Waals surface area contributed by atoms with E-state index in [2.05, 4.69) is 15.2 Å². The smallest absolute Gasteiger partial charge is 0.409 e. The molecule has 0 aliphatic carbocycles. The lowest BCUT2D eigenvalue weighted by molar-refractivity contribution is 0.0510. The lowest BCUT2D eigenvalue weighted by Crippen LogP contribution is -2.55. The maximum Gasteiger partial charge on any atom is 0.409 e. The first kappa shape index (κ1) is 24.6. The molecule has 0 saturated carbocycles. The molecule has 0 unspecified atom stereocenters. The van der Waals surface area contributed by atoms with E-state index < -0.39 is 0 Å². The first-order valence-electron chi connectivity index (χ1n) is 10.3. The van der Waals surface area contributed by atoms with Crippen molar-refractivity contribution < 1.29 is 18.7 Å². The molecule has 2 heterocycles. The third-order valence-electron chi connectivity index (χ3n) is 5.81. The molecule has 2 saturated heterocycles. The summed E-state index contributed by atoms with van der Waals surface area (Å²) in [7, 11) is 1.77. The Morgan fingerprint density at radius 1 is 1.17 bits per heavy atom. The number of carbonyl (C=O) groups excluding carboxylic acids is 1. The minimum atomic E-state index is -0.257. The van der Waals surface area contributed by atoms with Crippen LogP contribution in [0.4, 0.5) is 9.18 Å². The summed E-state index contributed by atoms with van der Waals surface area (Å²) < 4.78 is 24.1. The number of piperazine rings is 1. The molecule has 2 aliphatic heterocycles. The molecule has 3 rings (SSSR count). The number of halogens is 2. The average Bonchev–Trinajstić information content (AvgIpc) is 2.76. The van der Waals surface area contributed by atoms with Gasteiger partial charge in [0.15, 0.2) is 5.96 Å². The van der Waals surface area contributed by atoms with Crippen LogP contribution in [-0.2, 0) is 14.9 Å². The third kappa shape index (κ3) is 5.96. The molecule has 2 aliphatic rings. The van der Waals surface area contributed by atoms with Gasteiger partial charge in [0, 0.05) is 58.4 Å². The number of rotatable bonds is 4. The molecule has 1 N–H and O–H groups in total. The molecule has 9 heteroatoms. The average molecular weight is 534 g/mol. The van der Waals surface area contributed by atoms with Crippen LogP contribution < -0.4 is 5.32 Å². The SMILES string of the molecule is CCOC(=O)N1CCN(C(=NC)NCC2(c3ccc(F)cc3)CCOCC2)CC1.I. The molecule has 0 aromatic heterocycles. The van der Waals surface area contributed by atoms with Crippen molar-refractivity contribution in [3.05, 3.63) is 35.6 Å². The van der Waals surface area contributed by atoms with Gasteiger partial charge in [-0.3, -0.25) is 4.99 Å². The summed E-state index contributed by atoms with van der Waals surface area (Å²) in [5.41, 5.74) is 1.01. The van der Waals surface area contributed by atoms with E-state index in [9.17, 15) is 9.18 Å². The second-order valence-electron chi connectivity index (χ2n) is 7.47. The number of nitrogens with one attached hydrogen (secondary N) is 1. The zero-order valence-corrected chi connectivity index (χ0v) is 20.1. The monoisotopic (exact) mass is 534 g/mol. The molecule has 168 valence electrons. The summed E-state index contributed by atoms with van der Waals surface area (Å²) in [5, 5.41) is 3.52. The zero-order chi connectivity index (χ0) is 20.7. The van der Waals surface area contributed by atoms with Crippen LogP contribution in [-0.4, -0.2) is 81.4 Å². The van der Waals surface area contributed by atoms with Gasteiger partial charge in [0.25, 0.3) is 0 Å². The summed E-state index contributed by atoms with van der Waals surface area (Å²) in [4.78, 5) is 20.2. The van der Waals surface area contributed by atoms with E-state index in [1.165, 1.54) is 12.1 Å². The quantitative estimate of drug-likeness (QED) is 0.366. The summed E-state index contributed by atoms with van der Waals surface area (Å²) in [6.07, 6.45) is 1.49. The number of carbonyl (C=O) groups is 1. The molecular formula is C21H32FIN4O3. The normalized spacial score (nSPS) is 19.1. The molecule has 0 spiro atoms. The van der Waals surface area contributed by atoms with Crippen LogP contribution in [0.5, 0.6) is 0 Å². The molecule has 0 bridgehead atoms. The minimum Gasteiger partial charge on any atom is -0.450 e. The highest BCUT2D eigenvalue weighted by Crippen LogP contribution is 2.34. The second-order valence-corrected chi connectivity index (χ2v) is 7.47. The van der Waals surface area contributed by atoms with Crippen LogP contribution in [0.25, 0.3) is 0 Å². The Labute approximate surface area is 195 Å². The summed E-state index contributed by atoms with van der Waals surface area (Å²) in [6, 6.07) is 6.80. The Hall–Kier alpha value is -1.62. The second kappa shape index (κ2) is 11.7. The molecule has 0 radical (unpaired) electrons. The highest BCUT2D eigenvalue weighted by atomic mass is 127. The van der Waals surface area contributed by atoms with Crippen LogP contribution in [0.15, 0.2) is 29.3 Å². The highest BCUT2D eigenvalue weighted by molar-refractivity contribution is 14.0. The molecular weight excluding hydrogens is 502 g/mol. The fourth-order valence-corrected chi connectivity index (χ4v) is 4.03. The topological polar surface area (TPSA) is 66.4 Å². The van der Waals surface area contributed by atoms with E-state index in [0.717, 1.165) is 24.4 Å². The number of benzene rings is 1. The van der Waals surface area contributed by atoms with Crippen LogP contribution in [0.1, 0.15) is 25.3 Å². The molecule has 30 heavy (non-hydrogen) atoms. The predicted molar refractivity (Wildman–Crippen MR) is 125 cm³/mol. The highest BCUT2D eigenvalue weighted by Gasteiger charge is 2.35. The van der Waals surface area contributed by atoms with Crippen LogP contribution in [0.2, 0.25) is 0 Å². The molecule has 1 amide bonds. The van der Waals surface area contributed by atoms with Gasteiger partial charge in [0.2, 0.25) is 0 Å². The number of nitrogens with zero attached hydrogens (tertiary/aromatic N) is 3. The Balaban J connectivity index is 0.00000320. The van der Waals surface area contributed by atoms with E-state index in [4.69, 9.17) is 9.47 Å². The largest absolute Gasteiger partial charge is 0.450 e. The van der Waals surface area contributed by atoms with Crippen molar-refractivity contribution in [3.8, 4) is 0 Å². The lowest BCUT2D eigenvalue weighted by Gasteiger charge is -2.40. The molecule has 7 nitrogen and oxygen atoms in total. The Morgan fingerprint density at radius 3 is 2.33 bits per heavy atom. The van der Waals surface area contributed by atoms with Gasteiger partial charge in [-0.1, -0.05) is 12.1 Å². The van der Waals surface area contributed by atoms with E-state index >= 15 is 0 Å². The molecule has 0 atom stereocenters. The number of aliphatic imine (C=N–C) groups is 1. The van der Waals surface area contributed by atoms with Crippen molar-refractivity contribution in [3.63, 3.8) is 0 Å². The fraction of sp³-hybridized carbons (Fsp3) is 0.619. The van der Waals surface area contributed by atoms with Gasteiger partial charge < -0.3 is 24.6 Å². The summed E-state index contributed by atoms with van der Waals surface area (Å²) in [5.74, 6) is 0.598. The molecule has 1 aromatic carbocycles. The van der Waals surface area contributed by atoms with Gasteiger partial charge in [0.1, 0.15) is 5.82 Å². The maximum atomic E-state index is 13.4. The van der Waals surface area contributed by atoms with Crippen LogP contribution >= 0.6 is 24.0 Å². The number of guanidine groups is 1. The van der Waals surface area contributed by atoms with Crippen molar-refractivity contribution in [1.29, 1.82) is 0 Å². The van der Waals surface area contributed by atoms with Crippen molar-refractivity contribution in [2.24, 2.45) is 4.99 Å². The molecule has 2 fully saturated rings. The van der Waals surface area contributed by atoms with Crippen molar-refractivity contribution >= 4 is 36.0 Å². The first-order valence-corrected chi connectivity index (χ1v) is 10.3. The third-order valence-corrected chi connectivity index (χ3v) is 5.81. The Kier molecular flexibility index (Phi) is 9.60. The van der Waals surface area contributed by atoms with E-state index in [0.29, 0.717) is 52.5 Å². The number of hydrogen-bond donors (Lipinski definition) is 1. The molecule has 1 aromatic rings. The van der Waals surface area contributed by atoms with Gasteiger partial charge in [-0.15, -0.1) is 24.0 Å². The predicted octanol–water partition coefficient (Wildman–Crippen LogP) is 2.84.